The third kappa shape index (κ3) is 2.06. The molecule has 0 radical (unpaired) electrons. The number of nitrogens with two attached hydrogens (primary N) is 1. The van der Waals surface area contributed by atoms with Gasteiger partial charge in [0.1, 0.15) is 0 Å². The number of aromatic amines is 1. The second kappa shape index (κ2) is 3.92. The minimum Gasteiger partial charge on any atom is -0.399 e. The first-order valence-electron chi connectivity index (χ1n) is 5.88. The van der Waals surface area contributed by atoms with Gasteiger partial charge in [0.25, 0.3) is 0 Å². The van der Waals surface area contributed by atoms with Crippen LogP contribution in [0.25, 0.3) is 11.0 Å². The number of hydrogen-bond acceptors (Lipinski definition) is 4. The second-order valence-electron chi connectivity index (χ2n) is 4.73. The first kappa shape index (κ1) is 10.4. The number of nitrogens with one attached hydrogen (secondary N) is 2. The zero-order valence-electron chi connectivity index (χ0n) is 9.48. The van der Waals surface area contributed by atoms with Crippen LogP contribution in [0, 0.1) is 5.92 Å². The minimum atomic E-state index is -0.0997. The van der Waals surface area contributed by atoms with Gasteiger partial charge in [0.05, 0.1) is 17.1 Å². The number of anilines is 2. The lowest BCUT2D eigenvalue weighted by atomic mass is 9.82. The summed E-state index contributed by atoms with van der Waals surface area (Å²) in [6.07, 6.45) is 1.68. The Morgan fingerprint density at radius 3 is 3.06 bits per heavy atom. The van der Waals surface area contributed by atoms with E-state index < -0.39 is 0 Å². The van der Waals surface area contributed by atoms with Crippen LogP contribution in [0.15, 0.2) is 18.2 Å². The van der Waals surface area contributed by atoms with Gasteiger partial charge in [-0.15, -0.1) is 0 Å². The van der Waals surface area contributed by atoms with Crippen LogP contribution < -0.4 is 11.1 Å². The molecule has 0 saturated heterocycles. The maximum Gasteiger partial charge on any atom is 0.201 e. The largest absolute Gasteiger partial charge is 0.399 e. The molecule has 17 heavy (non-hydrogen) atoms. The molecule has 0 unspecified atom stereocenters. The molecule has 1 aliphatic carbocycles. The van der Waals surface area contributed by atoms with Gasteiger partial charge < -0.3 is 21.1 Å². The number of aliphatic hydroxyl groups excluding tert-OH is 1. The monoisotopic (exact) mass is 232 g/mol. The number of H-pyrrole nitrogens is 1. The van der Waals surface area contributed by atoms with Crippen LogP contribution in [0.4, 0.5) is 11.6 Å². The van der Waals surface area contributed by atoms with E-state index in [4.69, 9.17) is 5.73 Å². The first-order chi connectivity index (χ1) is 8.20. The van der Waals surface area contributed by atoms with Crippen LogP contribution in [-0.4, -0.2) is 27.7 Å². The van der Waals surface area contributed by atoms with E-state index in [9.17, 15) is 5.11 Å². The quantitative estimate of drug-likeness (QED) is 0.601. The number of aliphatic hydroxyl groups is 1. The van der Waals surface area contributed by atoms with Crippen LogP contribution >= 0.6 is 0 Å². The van der Waals surface area contributed by atoms with Gasteiger partial charge in [0.2, 0.25) is 5.95 Å². The number of aromatic nitrogens is 2. The molecule has 90 valence electrons. The van der Waals surface area contributed by atoms with Crippen molar-refractivity contribution >= 4 is 22.7 Å². The van der Waals surface area contributed by atoms with Crippen molar-refractivity contribution in [3.05, 3.63) is 18.2 Å². The summed E-state index contributed by atoms with van der Waals surface area (Å²) < 4.78 is 0. The van der Waals surface area contributed by atoms with Crippen LogP contribution in [0.5, 0.6) is 0 Å². The molecule has 1 aromatic carbocycles. The van der Waals surface area contributed by atoms with Crippen LogP contribution in [0.2, 0.25) is 0 Å². The Morgan fingerprint density at radius 2 is 2.29 bits per heavy atom. The van der Waals surface area contributed by atoms with E-state index in [1.54, 1.807) is 0 Å². The van der Waals surface area contributed by atoms with E-state index in [0.29, 0.717) is 5.92 Å². The standard InChI is InChI=1S/C12H16N4O/c13-8-1-2-10-11(5-8)16-12(15-10)14-6-7-3-9(17)4-7/h1-2,5,7,9,17H,3-4,6,13H2,(H2,14,15,16). The molecule has 3 rings (SSSR count). The zero-order chi connectivity index (χ0) is 11.8. The number of imidazole rings is 1. The fourth-order valence-electron chi connectivity index (χ4n) is 2.22. The molecule has 5 nitrogen and oxygen atoms in total. The lowest BCUT2D eigenvalue weighted by molar-refractivity contribution is 0.0486. The highest BCUT2D eigenvalue weighted by Gasteiger charge is 2.26. The summed E-state index contributed by atoms with van der Waals surface area (Å²) in [6.45, 7) is 0.854. The summed E-state index contributed by atoms with van der Waals surface area (Å²) in [5.74, 6) is 1.33. The molecule has 0 spiro atoms. The van der Waals surface area contributed by atoms with Gasteiger partial charge >= 0.3 is 0 Å². The van der Waals surface area contributed by atoms with E-state index in [-0.39, 0.29) is 6.10 Å². The summed E-state index contributed by atoms with van der Waals surface area (Å²) in [6, 6.07) is 5.62. The average Bonchev–Trinajstić information content (AvgIpc) is 2.64. The number of benzene rings is 1. The number of hydrogen-bond donors (Lipinski definition) is 4. The molecule has 5 N–H and O–H groups in total. The smallest absolute Gasteiger partial charge is 0.201 e. The maximum atomic E-state index is 9.20. The van der Waals surface area contributed by atoms with Crippen molar-refractivity contribution < 1.29 is 5.11 Å². The van der Waals surface area contributed by atoms with Crippen molar-refractivity contribution in [2.45, 2.75) is 18.9 Å². The van der Waals surface area contributed by atoms with Gasteiger partial charge in [-0.25, -0.2) is 4.98 Å². The van der Waals surface area contributed by atoms with Crippen molar-refractivity contribution in [1.82, 2.24) is 9.97 Å². The second-order valence-corrected chi connectivity index (χ2v) is 4.73. The lowest BCUT2D eigenvalue weighted by Crippen LogP contribution is -2.33. The topological polar surface area (TPSA) is 87.0 Å². The number of nitrogen functional groups attached to an aromatic ring is 1. The van der Waals surface area contributed by atoms with Crippen molar-refractivity contribution in [3.8, 4) is 0 Å². The molecule has 1 aliphatic rings. The highest BCUT2D eigenvalue weighted by Crippen LogP contribution is 2.27. The number of rotatable bonds is 3. The Morgan fingerprint density at radius 1 is 1.47 bits per heavy atom. The maximum absolute atomic E-state index is 9.20. The van der Waals surface area contributed by atoms with Gasteiger partial charge in [-0.05, 0) is 37.0 Å². The van der Waals surface area contributed by atoms with Gasteiger partial charge in [-0.3, -0.25) is 0 Å². The molecule has 2 aromatic rings. The molecular formula is C12H16N4O. The van der Waals surface area contributed by atoms with Gasteiger partial charge in [0, 0.05) is 12.2 Å². The van der Waals surface area contributed by atoms with Gasteiger partial charge in [-0.1, -0.05) is 0 Å². The van der Waals surface area contributed by atoms with Crippen LogP contribution in [0.3, 0.4) is 0 Å². The molecule has 0 amide bonds. The SMILES string of the molecule is Nc1ccc2nc(NCC3CC(O)C3)[nH]c2c1. The normalized spacial score (nSPS) is 23.6. The molecule has 1 aromatic heterocycles. The Hall–Kier alpha value is -1.75. The van der Waals surface area contributed by atoms with Crippen LogP contribution in [0.1, 0.15) is 12.8 Å². The highest BCUT2D eigenvalue weighted by molar-refractivity contribution is 5.80. The third-order valence-corrected chi connectivity index (χ3v) is 3.27. The van der Waals surface area contributed by atoms with Gasteiger partial charge in [0.15, 0.2) is 0 Å². The van der Waals surface area contributed by atoms with Crippen molar-refractivity contribution in [2.75, 3.05) is 17.6 Å². The predicted octanol–water partition coefficient (Wildman–Crippen LogP) is 1.33. The molecule has 0 aliphatic heterocycles. The molecule has 5 heteroatoms. The van der Waals surface area contributed by atoms with Crippen molar-refractivity contribution in [3.63, 3.8) is 0 Å². The Bertz CT molecular complexity index is 530. The van der Waals surface area contributed by atoms with Crippen molar-refractivity contribution in [2.24, 2.45) is 5.92 Å². The van der Waals surface area contributed by atoms with E-state index in [0.717, 1.165) is 42.1 Å². The first-order valence-corrected chi connectivity index (χ1v) is 5.88. The summed E-state index contributed by atoms with van der Waals surface area (Å²) in [5.41, 5.74) is 8.29. The van der Waals surface area contributed by atoms with E-state index in [1.165, 1.54) is 0 Å². The predicted molar refractivity (Wildman–Crippen MR) is 67.7 cm³/mol. The molecule has 1 fully saturated rings. The van der Waals surface area contributed by atoms with Crippen molar-refractivity contribution in [1.29, 1.82) is 0 Å². The molecular weight excluding hydrogens is 216 g/mol. The average molecular weight is 232 g/mol. The molecule has 1 heterocycles. The fourth-order valence-corrected chi connectivity index (χ4v) is 2.22. The number of fused-ring (bicyclic) bond motifs is 1. The minimum absolute atomic E-state index is 0.0997. The molecule has 0 bridgehead atoms. The Balaban J connectivity index is 1.68. The number of nitrogens with zero attached hydrogens (tertiary/aromatic N) is 1. The highest BCUT2D eigenvalue weighted by atomic mass is 16.3. The summed E-state index contributed by atoms with van der Waals surface area (Å²) in [5, 5.41) is 12.5. The summed E-state index contributed by atoms with van der Waals surface area (Å²) >= 11 is 0. The van der Waals surface area contributed by atoms with Crippen LogP contribution in [-0.2, 0) is 0 Å². The molecule has 1 saturated carbocycles. The Labute approximate surface area is 99.0 Å². The van der Waals surface area contributed by atoms with E-state index >= 15 is 0 Å². The van der Waals surface area contributed by atoms with E-state index in [2.05, 4.69) is 15.3 Å². The molecule has 0 atom stereocenters. The Kier molecular flexibility index (Phi) is 2.40. The fraction of sp³-hybridized carbons (Fsp3) is 0.417. The zero-order valence-corrected chi connectivity index (χ0v) is 9.48. The summed E-state index contributed by atoms with van der Waals surface area (Å²) in [7, 11) is 0. The van der Waals surface area contributed by atoms with Gasteiger partial charge in [-0.2, -0.15) is 0 Å². The summed E-state index contributed by atoms with van der Waals surface area (Å²) in [4.78, 5) is 7.60. The third-order valence-electron chi connectivity index (χ3n) is 3.27. The lowest BCUT2D eigenvalue weighted by Gasteiger charge is -2.31. The van der Waals surface area contributed by atoms with E-state index in [1.807, 2.05) is 18.2 Å².